The molecule has 0 bridgehead atoms. The lowest BCUT2D eigenvalue weighted by Crippen LogP contribution is -2.36. The molecule has 0 aliphatic carbocycles. The summed E-state index contributed by atoms with van der Waals surface area (Å²) < 4.78 is 51.6. The molecule has 27 heavy (non-hydrogen) atoms. The predicted octanol–water partition coefficient (Wildman–Crippen LogP) is 3.75. The molecule has 0 spiro atoms. The van der Waals surface area contributed by atoms with E-state index >= 15 is 0 Å². The van der Waals surface area contributed by atoms with Gasteiger partial charge >= 0.3 is 6.18 Å². The van der Waals surface area contributed by atoms with Gasteiger partial charge in [0.25, 0.3) is 0 Å². The van der Waals surface area contributed by atoms with Crippen molar-refractivity contribution in [1.82, 2.24) is 9.88 Å². The quantitative estimate of drug-likeness (QED) is 0.740. The second-order valence-electron chi connectivity index (χ2n) is 6.13. The van der Waals surface area contributed by atoms with Crippen LogP contribution in [0.15, 0.2) is 42.7 Å². The zero-order valence-corrected chi connectivity index (χ0v) is 14.7. The third-order valence-electron chi connectivity index (χ3n) is 4.00. The minimum Gasteiger partial charge on any atom is -0.386 e. The Hall–Kier alpha value is -2.48. The summed E-state index contributed by atoms with van der Waals surface area (Å²) in [5.74, 6) is -1.82. The molecule has 1 unspecified atom stereocenters. The monoisotopic (exact) mass is 384 g/mol. The number of pyridine rings is 1. The molecule has 1 aromatic heterocycles. The van der Waals surface area contributed by atoms with E-state index in [4.69, 9.17) is 0 Å². The summed E-state index contributed by atoms with van der Waals surface area (Å²) in [5, 5.41) is 10.3. The first-order valence-electron chi connectivity index (χ1n) is 8.43. The number of nitrogens with zero attached hydrogens (tertiary/aromatic N) is 2. The molecule has 0 fully saturated rings. The third kappa shape index (κ3) is 5.75. The summed E-state index contributed by atoms with van der Waals surface area (Å²) in [4.78, 5) is 17.8. The van der Waals surface area contributed by atoms with Crippen LogP contribution in [0.2, 0.25) is 0 Å². The van der Waals surface area contributed by atoms with Crippen molar-refractivity contribution in [1.29, 1.82) is 0 Å². The standard InChI is InChI=1S/C19H20F4N2O2/c1-2-8-25(12-17(26)14-4-3-7-24-11-14)18(27)10-13-5-6-15(16(20)9-13)19(21,22)23/h3-7,9,11,17,26H,2,8,10,12H2,1H3. The van der Waals surface area contributed by atoms with E-state index < -0.39 is 29.6 Å². The number of carbonyl (C=O) groups excluding carboxylic acids is 1. The lowest BCUT2D eigenvalue weighted by atomic mass is 10.1. The molecule has 1 atom stereocenters. The van der Waals surface area contributed by atoms with Crippen molar-refractivity contribution in [2.24, 2.45) is 0 Å². The fourth-order valence-corrected chi connectivity index (χ4v) is 2.66. The molecule has 2 rings (SSSR count). The van der Waals surface area contributed by atoms with Crippen LogP contribution in [0.4, 0.5) is 17.6 Å². The van der Waals surface area contributed by atoms with E-state index in [0.29, 0.717) is 24.6 Å². The first kappa shape index (κ1) is 20.8. The summed E-state index contributed by atoms with van der Waals surface area (Å²) in [7, 11) is 0. The fourth-order valence-electron chi connectivity index (χ4n) is 2.66. The van der Waals surface area contributed by atoms with Gasteiger partial charge < -0.3 is 10.0 Å². The van der Waals surface area contributed by atoms with Crippen molar-refractivity contribution in [3.05, 3.63) is 65.2 Å². The Balaban J connectivity index is 2.09. The lowest BCUT2D eigenvalue weighted by Gasteiger charge is -2.25. The number of benzene rings is 1. The number of rotatable bonds is 7. The molecule has 0 aliphatic heterocycles. The molecule has 8 heteroatoms. The molecule has 2 aromatic rings. The van der Waals surface area contributed by atoms with Gasteiger partial charge in [-0.2, -0.15) is 13.2 Å². The van der Waals surface area contributed by atoms with E-state index in [0.717, 1.165) is 12.1 Å². The summed E-state index contributed by atoms with van der Waals surface area (Å²) in [5.41, 5.74) is -0.675. The number of hydrogen-bond acceptors (Lipinski definition) is 3. The average molecular weight is 384 g/mol. The minimum absolute atomic E-state index is 0.0154. The van der Waals surface area contributed by atoms with Gasteiger partial charge in [0.1, 0.15) is 5.82 Å². The van der Waals surface area contributed by atoms with Gasteiger partial charge in [-0.1, -0.05) is 19.1 Å². The second kappa shape index (κ2) is 8.94. The molecule has 0 radical (unpaired) electrons. The maximum absolute atomic E-state index is 13.7. The number of carbonyl (C=O) groups is 1. The van der Waals surface area contributed by atoms with Gasteiger partial charge in [-0.25, -0.2) is 4.39 Å². The second-order valence-corrected chi connectivity index (χ2v) is 6.13. The molecule has 0 saturated heterocycles. The van der Waals surface area contributed by atoms with Crippen LogP contribution in [-0.4, -0.2) is 34.0 Å². The van der Waals surface area contributed by atoms with Gasteiger partial charge in [-0.15, -0.1) is 0 Å². The number of alkyl halides is 3. The van der Waals surface area contributed by atoms with Crippen molar-refractivity contribution in [3.63, 3.8) is 0 Å². The van der Waals surface area contributed by atoms with E-state index in [1.165, 1.54) is 11.1 Å². The van der Waals surface area contributed by atoms with Gasteiger partial charge in [0, 0.05) is 24.5 Å². The molecule has 4 nitrogen and oxygen atoms in total. The van der Waals surface area contributed by atoms with Crippen molar-refractivity contribution >= 4 is 5.91 Å². The number of aliphatic hydroxyl groups excluding tert-OH is 1. The smallest absolute Gasteiger partial charge is 0.386 e. The number of halogens is 4. The molecule has 1 aromatic carbocycles. The Morgan fingerprint density at radius 2 is 2.04 bits per heavy atom. The number of hydrogen-bond donors (Lipinski definition) is 1. The van der Waals surface area contributed by atoms with E-state index in [1.807, 2.05) is 6.92 Å². The Labute approximate surface area is 154 Å². The zero-order valence-electron chi connectivity index (χ0n) is 14.7. The highest BCUT2D eigenvalue weighted by atomic mass is 19.4. The van der Waals surface area contributed by atoms with Crippen LogP contribution in [0.1, 0.15) is 36.1 Å². The largest absolute Gasteiger partial charge is 0.419 e. The minimum atomic E-state index is -4.78. The first-order valence-corrected chi connectivity index (χ1v) is 8.43. The van der Waals surface area contributed by atoms with Gasteiger partial charge in [-0.05, 0) is 30.2 Å². The van der Waals surface area contributed by atoms with Crippen molar-refractivity contribution in [2.75, 3.05) is 13.1 Å². The van der Waals surface area contributed by atoms with E-state index in [-0.39, 0.29) is 18.5 Å². The fraction of sp³-hybridized carbons (Fsp3) is 0.368. The molecule has 1 heterocycles. The lowest BCUT2D eigenvalue weighted by molar-refractivity contribution is -0.140. The van der Waals surface area contributed by atoms with Gasteiger partial charge in [0.2, 0.25) is 5.91 Å². The highest BCUT2D eigenvalue weighted by Gasteiger charge is 2.34. The molecular formula is C19H20F4N2O2. The Morgan fingerprint density at radius 1 is 1.30 bits per heavy atom. The van der Waals surface area contributed by atoms with Crippen LogP contribution in [0.25, 0.3) is 0 Å². The van der Waals surface area contributed by atoms with Crippen LogP contribution in [-0.2, 0) is 17.4 Å². The van der Waals surface area contributed by atoms with Crippen LogP contribution >= 0.6 is 0 Å². The summed E-state index contributed by atoms with van der Waals surface area (Å²) >= 11 is 0. The molecule has 146 valence electrons. The highest BCUT2D eigenvalue weighted by Crippen LogP contribution is 2.31. The number of amides is 1. The Kier molecular flexibility index (Phi) is 6.90. The van der Waals surface area contributed by atoms with E-state index in [1.54, 1.807) is 18.3 Å². The zero-order chi connectivity index (χ0) is 20.0. The summed E-state index contributed by atoms with van der Waals surface area (Å²) in [6, 6.07) is 5.79. The normalized spacial score (nSPS) is 12.7. The van der Waals surface area contributed by atoms with E-state index in [9.17, 15) is 27.5 Å². The number of aliphatic hydroxyl groups is 1. The van der Waals surface area contributed by atoms with Crippen LogP contribution < -0.4 is 0 Å². The highest BCUT2D eigenvalue weighted by molar-refractivity contribution is 5.78. The SMILES string of the molecule is CCCN(CC(O)c1cccnc1)C(=O)Cc1ccc(C(F)(F)F)c(F)c1. The predicted molar refractivity (Wildman–Crippen MR) is 91.2 cm³/mol. The van der Waals surface area contributed by atoms with E-state index in [2.05, 4.69) is 4.98 Å². The molecule has 0 aliphatic rings. The maximum atomic E-state index is 13.7. The van der Waals surface area contributed by atoms with Crippen LogP contribution in [0, 0.1) is 5.82 Å². The Bertz CT molecular complexity index is 766. The molecule has 1 N–H and O–H groups in total. The summed E-state index contributed by atoms with van der Waals surface area (Å²) in [6.45, 7) is 2.23. The van der Waals surface area contributed by atoms with Gasteiger partial charge in [0.05, 0.1) is 24.6 Å². The molecular weight excluding hydrogens is 364 g/mol. The van der Waals surface area contributed by atoms with Crippen molar-refractivity contribution in [2.45, 2.75) is 32.0 Å². The first-order chi connectivity index (χ1) is 12.7. The van der Waals surface area contributed by atoms with Crippen molar-refractivity contribution < 1.29 is 27.5 Å². The maximum Gasteiger partial charge on any atom is 0.419 e. The molecule has 1 amide bonds. The molecule has 0 saturated carbocycles. The number of aromatic nitrogens is 1. The van der Waals surface area contributed by atoms with Gasteiger partial charge in [0.15, 0.2) is 0 Å². The topological polar surface area (TPSA) is 53.4 Å². The van der Waals surface area contributed by atoms with Crippen LogP contribution in [0.3, 0.4) is 0 Å². The third-order valence-corrected chi connectivity index (χ3v) is 4.00. The van der Waals surface area contributed by atoms with Gasteiger partial charge in [-0.3, -0.25) is 9.78 Å². The Morgan fingerprint density at radius 3 is 2.59 bits per heavy atom. The average Bonchev–Trinajstić information content (AvgIpc) is 2.61. The summed E-state index contributed by atoms with van der Waals surface area (Å²) in [6.07, 6.45) is -2.30. The van der Waals surface area contributed by atoms with Crippen molar-refractivity contribution in [3.8, 4) is 0 Å². The van der Waals surface area contributed by atoms with Crippen LogP contribution in [0.5, 0.6) is 0 Å².